The molecule has 57 heavy (non-hydrogen) atoms. The number of piperazine rings is 1. The molecule has 0 aliphatic carbocycles. The number of carbonyl (C=O) groups excluding carboxylic acids is 3. The SMILES string of the molecule is COc1cc(/C=C/C(=O)N2CCN(C(=O)c3cc(OC)c(OC)c(OC)c3)CC2)ccc1OCCCCCCOc1cc2c(cc1OC)C(=O)N1CCC[C@H]1C=N2. The number of benzene rings is 3. The number of ether oxygens (including phenoxy) is 7. The first-order valence-corrected chi connectivity index (χ1v) is 19.4. The lowest BCUT2D eigenvalue weighted by Gasteiger charge is -2.34. The number of rotatable bonds is 17. The van der Waals surface area contributed by atoms with Crippen LogP contribution in [0.1, 0.15) is 64.8 Å². The Morgan fingerprint density at radius 1 is 0.702 bits per heavy atom. The minimum atomic E-state index is -0.174. The van der Waals surface area contributed by atoms with Gasteiger partial charge in [-0.3, -0.25) is 19.4 Å². The molecule has 0 N–H and O–H groups in total. The summed E-state index contributed by atoms with van der Waals surface area (Å²) in [5.74, 6) is 3.24. The minimum Gasteiger partial charge on any atom is -0.493 e. The first kappa shape index (κ1) is 40.7. The fraction of sp³-hybridized carbons (Fsp3) is 0.442. The Bertz CT molecular complexity index is 1950. The molecule has 304 valence electrons. The quantitative estimate of drug-likeness (QED) is 0.117. The zero-order valence-corrected chi connectivity index (χ0v) is 33.4. The van der Waals surface area contributed by atoms with E-state index in [2.05, 4.69) is 4.99 Å². The molecule has 0 saturated carbocycles. The number of carbonyl (C=O) groups is 3. The van der Waals surface area contributed by atoms with Gasteiger partial charge >= 0.3 is 0 Å². The van der Waals surface area contributed by atoms with Crippen LogP contribution in [0, 0.1) is 0 Å². The number of methoxy groups -OCH3 is 5. The molecular formula is C43H52N4O10. The predicted octanol–water partition coefficient (Wildman–Crippen LogP) is 6.07. The molecule has 6 rings (SSSR count). The van der Waals surface area contributed by atoms with Crippen molar-refractivity contribution in [2.45, 2.75) is 44.6 Å². The Kier molecular flexibility index (Phi) is 13.8. The number of hydrogen-bond acceptors (Lipinski definition) is 11. The van der Waals surface area contributed by atoms with Crippen LogP contribution in [0.25, 0.3) is 6.08 Å². The van der Waals surface area contributed by atoms with Gasteiger partial charge in [-0.25, -0.2) is 0 Å². The molecule has 0 spiro atoms. The van der Waals surface area contributed by atoms with Crippen molar-refractivity contribution in [1.82, 2.24) is 14.7 Å². The molecular weight excluding hydrogens is 732 g/mol. The number of fused-ring (bicyclic) bond motifs is 2. The number of amides is 3. The highest BCUT2D eigenvalue weighted by molar-refractivity contribution is 6.03. The van der Waals surface area contributed by atoms with Crippen molar-refractivity contribution in [2.75, 3.05) is 81.5 Å². The van der Waals surface area contributed by atoms with Crippen LogP contribution in [0.3, 0.4) is 0 Å². The second kappa shape index (κ2) is 19.3. The number of aliphatic imine (C=N–C) groups is 1. The highest BCUT2D eigenvalue weighted by Gasteiger charge is 2.33. The zero-order valence-electron chi connectivity index (χ0n) is 33.4. The molecule has 3 amide bonds. The monoisotopic (exact) mass is 784 g/mol. The minimum absolute atomic E-state index is 0.0105. The molecule has 14 nitrogen and oxygen atoms in total. The molecule has 2 saturated heterocycles. The van der Waals surface area contributed by atoms with E-state index in [9.17, 15) is 14.4 Å². The third-order valence-corrected chi connectivity index (χ3v) is 10.4. The van der Waals surface area contributed by atoms with E-state index in [0.717, 1.165) is 50.6 Å². The van der Waals surface area contributed by atoms with Gasteiger partial charge in [-0.15, -0.1) is 0 Å². The number of hydrogen-bond donors (Lipinski definition) is 0. The largest absolute Gasteiger partial charge is 0.493 e. The smallest absolute Gasteiger partial charge is 0.256 e. The lowest BCUT2D eigenvalue weighted by Crippen LogP contribution is -2.50. The van der Waals surface area contributed by atoms with Crippen LogP contribution in [0.4, 0.5) is 5.69 Å². The van der Waals surface area contributed by atoms with E-state index in [4.69, 9.17) is 33.2 Å². The zero-order chi connectivity index (χ0) is 40.3. The Morgan fingerprint density at radius 3 is 1.98 bits per heavy atom. The Labute approximate surface area is 333 Å². The summed E-state index contributed by atoms with van der Waals surface area (Å²) in [7, 11) is 7.69. The molecule has 0 radical (unpaired) electrons. The van der Waals surface area contributed by atoms with Gasteiger partial charge in [0.15, 0.2) is 34.5 Å². The van der Waals surface area contributed by atoms with Crippen LogP contribution in [-0.2, 0) is 4.79 Å². The molecule has 1 atom stereocenters. The van der Waals surface area contributed by atoms with Gasteiger partial charge in [0.25, 0.3) is 11.8 Å². The normalized spacial score (nSPS) is 16.2. The molecule has 3 aromatic rings. The number of unbranched alkanes of at least 4 members (excludes halogenated alkanes) is 3. The van der Waals surface area contributed by atoms with E-state index in [1.54, 1.807) is 54.4 Å². The van der Waals surface area contributed by atoms with Gasteiger partial charge in [0.1, 0.15) is 0 Å². The van der Waals surface area contributed by atoms with Crippen molar-refractivity contribution in [3.8, 4) is 40.2 Å². The lowest BCUT2D eigenvalue weighted by atomic mass is 10.1. The van der Waals surface area contributed by atoms with Gasteiger partial charge in [0.2, 0.25) is 11.7 Å². The maximum atomic E-state index is 13.3. The first-order valence-electron chi connectivity index (χ1n) is 19.4. The molecule has 3 heterocycles. The highest BCUT2D eigenvalue weighted by Crippen LogP contribution is 2.40. The fourth-order valence-corrected chi connectivity index (χ4v) is 7.24. The third-order valence-electron chi connectivity index (χ3n) is 10.4. The average Bonchev–Trinajstić information content (AvgIpc) is 3.68. The summed E-state index contributed by atoms with van der Waals surface area (Å²) in [6.45, 7) is 3.39. The van der Waals surface area contributed by atoms with Gasteiger partial charge in [0, 0.05) is 56.6 Å². The van der Waals surface area contributed by atoms with Crippen LogP contribution in [0.5, 0.6) is 40.2 Å². The molecule has 3 aromatic carbocycles. The van der Waals surface area contributed by atoms with E-state index in [-0.39, 0.29) is 23.8 Å². The van der Waals surface area contributed by atoms with Crippen LogP contribution < -0.4 is 33.2 Å². The summed E-state index contributed by atoms with van der Waals surface area (Å²) >= 11 is 0. The second-order valence-corrected chi connectivity index (χ2v) is 13.9. The van der Waals surface area contributed by atoms with Crippen LogP contribution >= 0.6 is 0 Å². The van der Waals surface area contributed by atoms with Crippen molar-refractivity contribution in [1.29, 1.82) is 0 Å². The molecule has 14 heteroatoms. The van der Waals surface area contributed by atoms with E-state index < -0.39 is 0 Å². The van der Waals surface area contributed by atoms with Gasteiger partial charge in [-0.05, 0) is 80.5 Å². The van der Waals surface area contributed by atoms with Gasteiger partial charge in [0.05, 0.1) is 66.1 Å². The summed E-state index contributed by atoms with van der Waals surface area (Å²) in [6, 6.07) is 12.4. The highest BCUT2D eigenvalue weighted by atomic mass is 16.5. The van der Waals surface area contributed by atoms with Gasteiger partial charge < -0.3 is 47.9 Å². The maximum Gasteiger partial charge on any atom is 0.256 e. The van der Waals surface area contributed by atoms with Crippen molar-refractivity contribution in [2.24, 2.45) is 4.99 Å². The van der Waals surface area contributed by atoms with E-state index >= 15 is 0 Å². The standard InChI is InChI=1S/C43H52N4O10/c1-51-35-23-29(13-15-40(48)45-17-19-46(20-18-45)42(49)30-24-38(53-3)41(55-5)39(25-30)54-4)12-14-34(35)56-21-8-6-7-9-22-57-37-27-33-32(26-36(37)52-2)43(50)47-16-10-11-31(47)28-44-33/h12-15,23-28,31H,6-11,16-22H2,1-5H3/b15-13+/t31-/m0/s1. The first-order chi connectivity index (χ1) is 27.8. The summed E-state index contributed by atoms with van der Waals surface area (Å²) in [5.41, 5.74) is 2.38. The molecule has 3 aliphatic rings. The van der Waals surface area contributed by atoms with Crippen molar-refractivity contribution in [3.05, 3.63) is 65.2 Å². The second-order valence-electron chi connectivity index (χ2n) is 13.9. The molecule has 2 fully saturated rings. The maximum absolute atomic E-state index is 13.3. The van der Waals surface area contributed by atoms with Crippen molar-refractivity contribution >= 4 is 35.7 Å². The Morgan fingerprint density at radius 2 is 1.33 bits per heavy atom. The predicted molar refractivity (Wildman–Crippen MR) is 215 cm³/mol. The van der Waals surface area contributed by atoms with Crippen molar-refractivity contribution < 1.29 is 47.5 Å². The van der Waals surface area contributed by atoms with Gasteiger partial charge in [-0.2, -0.15) is 0 Å². The Hall–Kier alpha value is -5.92. The van der Waals surface area contributed by atoms with Gasteiger partial charge in [-0.1, -0.05) is 6.07 Å². The summed E-state index contributed by atoms with van der Waals surface area (Å²) in [5, 5.41) is 0. The van der Waals surface area contributed by atoms with Crippen LogP contribution in [0.15, 0.2) is 53.5 Å². The Balaban J connectivity index is 0.910. The lowest BCUT2D eigenvalue weighted by molar-refractivity contribution is -0.127. The van der Waals surface area contributed by atoms with E-state index in [1.165, 1.54) is 27.4 Å². The molecule has 0 bridgehead atoms. The van der Waals surface area contributed by atoms with Crippen molar-refractivity contribution in [3.63, 3.8) is 0 Å². The average molecular weight is 785 g/mol. The van der Waals surface area contributed by atoms with Crippen LogP contribution in [0.2, 0.25) is 0 Å². The molecule has 0 aromatic heterocycles. The summed E-state index contributed by atoms with van der Waals surface area (Å²) in [6.07, 6.45) is 10.7. The molecule has 3 aliphatic heterocycles. The summed E-state index contributed by atoms with van der Waals surface area (Å²) < 4.78 is 39.4. The number of nitrogens with zero attached hydrogens (tertiary/aromatic N) is 4. The van der Waals surface area contributed by atoms with E-state index in [1.807, 2.05) is 29.3 Å². The molecule has 0 unspecified atom stereocenters. The topological polar surface area (TPSA) is 138 Å². The van der Waals surface area contributed by atoms with Crippen LogP contribution in [-0.4, -0.2) is 126 Å². The fourth-order valence-electron chi connectivity index (χ4n) is 7.24. The third kappa shape index (κ3) is 9.55. The van der Waals surface area contributed by atoms with E-state index in [0.29, 0.717) is 96.5 Å². The summed E-state index contributed by atoms with van der Waals surface area (Å²) in [4.78, 5) is 49.4.